The summed E-state index contributed by atoms with van der Waals surface area (Å²) >= 11 is 0. The molecule has 3 unspecified atom stereocenters. The average molecular weight is 240 g/mol. The highest BCUT2D eigenvalue weighted by molar-refractivity contribution is 5.84. The first-order valence-corrected chi connectivity index (χ1v) is 6.78. The molecule has 2 aliphatic rings. The number of carbonyl (C=O) groups excluding carboxylic acids is 1. The molecule has 3 N–H and O–H groups in total. The molecule has 4 heteroatoms. The molecule has 2 fully saturated rings. The number of carbonyl (C=O) groups is 1. The Hall–Kier alpha value is -0.610. The van der Waals surface area contributed by atoms with Crippen LogP contribution in [0, 0.1) is 5.92 Å². The van der Waals surface area contributed by atoms with Gasteiger partial charge in [0.05, 0.1) is 0 Å². The predicted octanol–water partition coefficient (Wildman–Crippen LogP) is 1.19. The molecule has 0 aromatic heterocycles. The van der Waals surface area contributed by atoms with E-state index in [0.29, 0.717) is 18.6 Å². The summed E-state index contributed by atoms with van der Waals surface area (Å²) in [6, 6.07) is 0.323. The van der Waals surface area contributed by atoms with Gasteiger partial charge in [0, 0.05) is 19.2 Å². The first-order chi connectivity index (χ1) is 8.10. The third kappa shape index (κ3) is 3.19. The Balaban J connectivity index is 1.75. The second-order valence-electron chi connectivity index (χ2n) is 5.69. The van der Waals surface area contributed by atoms with E-state index in [1.165, 1.54) is 12.8 Å². The zero-order valence-electron chi connectivity index (χ0n) is 10.7. The Bertz CT molecular complexity index is 275. The molecule has 1 saturated carbocycles. The summed E-state index contributed by atoms with van der Waals surface area (Å²) in [5.74, 6) is 0.599. The van der Waals surface area contributed by atoms with Gasteiger partial charge in [0.1, 0.15) is 5.60 Å². The van der Waals surface area contributed by atoms with Crippen LogP contribution in [0.1, 0.15) is 45.4 Å². The maximum Gasteiger partial charge on any atom is 0.251 e. The first-order valence-electron chi connectivity index (χ1n) is 6.78. The molecule has 1 aliphatic heterocycles. The van der Waals surface area contributed by atoms with Gasteiger partial charge in [-0.25, -0.2) is 0 Å². The predicted molar refractivity (Wildman–Crippen MR) is 66.5 cm³/mol. The van der Waals surface area contributed by atoms with Crippen molar-refractivity contribution in [1.82, 2.24) is 5.32 Å². The van der Waals surface area contributed by atoms with Crippen molar-refractivity contribution in [3.63, 3.8) is 0 Å². The number of amides is 1. The van der Waals surface area contributed by atoms with E-state index in [2.05, 4.69) is 5.32 Å². The number of ether oxygens (including phenoxy) is 1. The van der Waals surface area contributed by atoms with Crippen LogP contribution < -0.4 is 11.1 Å². The third-order valence-electron chi connectivity index (χ3n) is 4.07. The van der Waals surface area contributed by atoms with E-state index >= 15 is 0 Å². The number of nitrogens with two attached hydrogens (primary N) is 1. The molecule has 0 bridgehead atoms. The normalized spacial score (nSPS) is 38.0. The zero-order chi connectivity index (χ0) is 12.3. The molecule has 1 saturated heterocycles. The lowest BCUT2D eigenvalue weighted by Crippen LogP contribution is -2.46. The lowest BCUT2D eigenvalue weighted by atomic mass is 9.86. The second kappa shape index (κ2) is 5.36. The largest absolute Gasteiger partial charge is 0.365 e. The number of hydrogen-bond donors (Lipinski definition) is 2. The number of nitrogens with one attached hydrogen (secondary N) is 1. The van der Waals surface area contributed by atoms with Crippen molar-refractivity contribution in [3.05, 3.63) is 0 Å². The minimum Gasteiger partial charge on any atom is -0.365 e. The van der Waals surface area contributed by atoms with Gasteiger partial charge in [0.25, 0.3) is 5.91 Å². The minimum absolute atomic E-state index is 0.0501. The molecule has 0 spiro atoms. The van der Waals surface area contributed by atoms with E-state index < -0.39 is 5.60 Å². The maximum absolute atomic E-state index is 12.0. The second-order valence-corrected chi connectivity index (χ2v) is 5.69. The summed E-state index contributed by atoms with van der Waals surface area (Å²) in [5.41, 5.74) is 5.36. The van der Waals surface area contributed by atoms with Crippen LogP contribution in [0.3, 0.4) is 0 Å². The summed E-state index contributed by atoms with van der Waals surface area (Å²) in [5, 5.41) is 3.04. The van der Waals surface area contributed by atoms with Gasteiger partial charge in [-0.1, -0.05) is 6.42 Å². The molecule has 17 heavy (non-hydrogen) atoms. The smallest absolute Gasteiger partial charge is 0.251 e. The molecule has 1 amide bonds. The molecular weight excluding hydrogens is 216 g/mol. The van der Waals surface area contributed by atoms with Crippen molar-refractivity contribution in [2.24, 2.45) is 11.7 Å². The summed E-state index contributed by atoms with van der Waals surface area (Å²) < 4.78 is 5.53. The van der Waals surface area contributed by atoms with E-state index in [1.807, 2.05) is 6.92 Å². The van der Waals surface area contributed by atoms with Gasteiger partial charge in [0.15, 0.2) is 0 Å². The molecule has 0 aromatic rings. The van der Waals surface area contributed by atoms with Crippen molar-refractivity contribution in [2.75, 3.05) is 13.2 Å². The highest BCUT2D eigenvalue weighted by Crippen LogP contribution is 2.26. The van der Waals surface area contributed by atoms with Crippen LogP contribution in [0.25, 0.3) is 0 Å². The van der Waals surface area contributed by atoms with Gasteiger partial charge < -0.3 is 15.8 Å². The summed E-state index contributed by atoms with van der Waals surface area (Å²) in [7, 11) is 0. The molecule has 1 aliphatic carbocycles. The van der Waals surface area contributed by atoms with E-state index in [1.54, 1.807) is 0 Å². The summed E-state index contributed by atoms with van der Waals surface area (Å²) in [6.45, 7) is 3.35. The van der Waals surface area contributed by atoms with Crippen LogP contribution in [-0.2, 0) is 9.53 Å². The zero-order valence-corrected chi connectivity index (χ0v) is 10.7. The van der Waals surface area contributed by atoms with Gasteiger partial charge in [-0.3, -0.25) is 4.79 Å². The Kier molecular flexibility index (Phi) is 4.05. The number of rotatable bonds is 3. The molecular formula is C13H24N2O2. The van der Waals surface area contributed by atoms with Gasteiger partial charge in [-0.2, -0.15) is 0 Å². The molecule has 2 rings (SSSR count). The Labute approximate surface area is 103 Å². The Morgan fingerprint density at radius 1 is 1.47 bits per heavy atom. The van der Waals surface area contributed by atoms with Crippen LogP contribution in [-0.4, -0.2) is 30.7 Å². The van der Waals surface area contributed by atoms with Crippen molar-refractivity contribution in [3.8, 4) is 0 Å². The highest BCUT2D eigenvalue weighted by atomic mass is 16.5. The Morgan fingerprint density at radius 2 is 2.29 bits per heavy atom. The average Bonchev–Trinajstić information content (AvgIpc) is 2.74. The molecule has 4 nitrogen and oxygen atoms in total. The van der Waals surface area contributed by atoms with Crippen LogP contribution in [0.2, 0.25) is 0 Å². The van der Waals surface area contributed by atoms with Crippen LogP contribution in [0.4, 0.5) is 0 Å². The molecule has 0 radical (unpaired) electrons. The summed E-state index contributed by atoms with van der Waals surface area (Å²) in [6.07, 6.45) is 6.37. The molecule has 3 atom stereocenters. The first kappa shape index (κ1) is 12.8. The Morgan fingerprint density at radius 3 is 2.94 bits per heavy atom. The fourth-order valence-electron chi connectivity index (χ4n) is 2.90. The van der Waals surface area contributed by atoms with Crippen LogP contribution in [0.15, 0.2) is 0 Å². The molecule has 98 valence electrons. The maximum atomic E-state index is 12.0. The van der Waals surface area contributed by atoms with Crippen molar-refractivity contribution >= 4 is 5.91 Å². The number of hydrogen-bond acceptors (Lipinski definition) is 3. The lowest BCUT2D eigenvalue weighted by Gasteiger charge is -2.28. The SMILES string of the molecule is CC1(C(=O)NCC2CCCC(N)C2)CCCO1. The lowest BCUT2D eigenvalue weighted by molar-refractivity contribution is -0.139. The van der Waals surface area contributed by atoms with E-state index in [-0.39, 0.29) is 5.91 Å². The standard InChI is InChI=1S/C13H24N2O2/c1-13(6-3-7-17-13)12(16)15-9-10-4-2-5-11(14)8-10/h10-11H,2-9,14H2,1H3,(H,15,16). The van der Waals surface area contributed by atoms with Gasteiger partial charge in [-0.05, 0) is 44.9 Å². The minimum atomic E-state index is -0.587. The summed E-state index contributed by atoms with van der Waals surface area (Å²) in [4.78, 5) is 12.0. The van der Waals surface area contributed by atoms with Crippen molar-refractivity contribution in [1.29, 1.82) is 0 Å². The van der Waals surface area contributed by atoms with Gasteiger partial charge >= 0.3 is 0 Å². The van der Waals surface area contributed by atoms with Gasteiger partial charge in [0.2, 0.25) is 0 Å². The van der Waals surface area contributed by atoms with E-state index in [0.717, 1.165) is 32.2 Å². The van der Waals surface area contributed by atoms with E-state index in [4.69, 9.17) is 10.5 Å². The highest BCUT2D eigenvalue weighted by Gasteiger charge is 2.37. The third-order valence-corrected chi connectivity index (χ3v) is 4.07. The van der Waals surface area contributed by atoms with Crippen LogP contribution >= 0.6 is 0 Å². The van der Waals surface area contributed by atoms with Crippen molar-refractivity contribution in [2.45, 2.75) is 57.1 Å². The fourth-order valence-corrected chi connectivity index (χ4v) is 2.90. The quantitative estimate of drug-likeness (QED) is 0.779. The topological polar surface area (TPSA) is 64.4 Å². The monoisotopic (exact) mass is 240 g/mol. The fraction of sp³-hybridized carbons (Fsp3) is 0.923. The van der Waals surface area contributed by atoms with Gasteiger partial charge in [-0.15, -0.1) is 0 Å². The molecule has 0 aromatic carbocycles. The van der Waals surface area contributed by atoms with E-state index in [9.17, 15) is 4.79 Å². The molecule has 1 heterocycles. The van der Waals surface area contributed by atoms with Crippen LogP contribution in [0.5, 0.6) is 0 Å². The van der Waals surface area contributed by atoms with Crippen molar-refractivity contribution < 1.29 is 9.53 Å².